The molecule has 0 bridgehead atoms. The molecule has 1 aromatic rings. The SMILES string of the molecule is COCCCCS(=O)(=O)c1ccc(C)c(C)c1. The summed E-state index contributed by atoms with van der Waals surface area (Å²) in [6, 6.07) is 5.30. The highest BCUT2D eigenvalue weighted by molar-refractivity contribution is 7.91. The molecular weight excluding hydrogens is 236 g/mol. The molecule has 0 fully saturated rings. The van der Waals surface area contributed by atoms with Crippen molar-refractivity contribution < 1.29 is 13.2 Å². The zero-order valence-corrected chi connectivity index (χ0v) is 11.5. The molecule has 1 rings (SSSR count). The molecule has 96 valence electrons. The van der Waals surface area contributed by atoms with Gasteiger partial charge in [-0.1, -0.05) is 6.07 Å². The molecular formula is C13H20O3S. The normalized spacial score (nSPS) is 11.7. The molecule has 17 heavy (non-hydrogen) atoms. The van der Waals surface area contributed by atoms with Gasteiger partial charge >= 0.3 is 0 Å². The van der Waals surface area contributed by atoms with Crippen molar-refractivity contribution in [2.24, 2.45) is 0 Å². The Morgan fingerprint density at radius 2 is 1.82 bits per heavy atom. The summed E-state index contributed by atoms with van der Waals surface area (Å²) in [6.45, 7) is 4.52. The Kier molecular flexibility index (Phi) is 5.15. The van der Waals surface area contributed by atoms with Crippen LogP contribution in [0.15, 0.2) is 23.1 Å². The molecule has 1 aromatic carbocycles. The number of hydrogen-bond donors (Lipinski definition) is 0. The summed E-state index contributed by atoms with van der Waals surface area (Å²) in [7, 11) is -1.51. The monoisotopic (exact) mass is 256 g/mol. The fourth-order valence-corrected chi connectivity index (χ4v) is 3.02. The van der Waals surface area contributed by atoms with Crippen LogP contribution in [0.5, 0.6) is 0 Å². The second kappa shape index (κ2) is 6.17. The lowest BCUT2D eigenvalue weighted by Crippen LogP contribution is -2.08. The van der Waals surface area contributed by atoms with Crippen molar-refractivity contribution in [3.05, 3.63) is 29.3 Å². The van der Waals surface area contributed by atoms with Crippen LogP contribution in [0.4, 0.5) is 0 Å². The summed E-state index contributed by atoms with van der Waals surface area (Å²) >= 11 is 0. The van der Waals surface area contributed by atoms with Crippen molar-refractivity contribution >= 4 is 9.84 Å². The topological polar surface area (TPSA) is 43.4 Å². The van der Waals surface area contributed by atoms with Gasteiger partial charge in [-0.2, -0.15) is 0 Å². The van der Waals surface area contributed by atoms with Crippen molar-refractivity contribution in [2.45, 2.75) is 31.6 Å². The van der Waals surface area contributed by atoms with Crippen LogP contribution in [0.3, 0.4) is 0 Å². The van der Waals surface area contributed by atoms with Crippen LogP contribution in [-0.2, 0) is 14.6 Å². The number of methoxy groups -OCH3 is 1. The zero-order chi connectivity index (χ0) is 12.9. The van der Waals surface area contributed by atoms with Crippen LogP contribution in [0.2, 0.25) is 0 Å². The lowest BCUT2D eigenvalue weighted by molar-refractivity contribution is 0.194. The van der Waals surface area contributed by atoms with E-state index in [0.717, 1.165) is 17.5 Å². The molecule has 0 saturated carbocycles. The van der Waals surface area contributed by atoms with Gasteiger partial charge in [0, 0.05) is 13.7 Å². The van der Waals surface area contributed by atoms with Crippen LogP contribution < -0.4 is 0 Å². The third kappa shape index (κ3) is 4.13. The third-order valence-corrected chi connectivity index (χ3v) is 4.65. The highest BCUT2D eigenvalue weighted by Gasteiger charge is 2.14. The summed E-state index contributed by atoms with van der Waals surface area (Å²) in [6.07, 6.45) is 1.42. The first-order chi connectivity index (χ1) is 7.97. The molecule has 0 unspecified atom stereocenters. The van der Waals surface area contributed by atoms with Gasteiger partial charge in [-0.15, -0.1) is 0 Å². The van der Waals surface area contributed by atoms with E-state index in [2.05, 4.69) is 0 Å². The number of benzene rings is 1. The van der Waals surface area contributed by atoms with Crippen LogP contribution in [0, 0.1) is 13.8 Å². The number of unbranched alkanes of at least 4 members (excludes halogenated alkanes) is 1. The largest absolute Gasteiger partial charge is 0.385 e. The van der Waals surface area contributed by atoms with Crippen LogP contribution >= 0.6 is 0 Å². The van der Waals surface area contributed by atoms with E-state index in [-0.39, 0.29) is 5.75 Å². The number of rotatable bonds is 6. The molecule has 0 amide bonds. The highest BCUT2D eigenvalue weighted by Crippen LogP contribution is 2.17. The van der Waals surface area contributed by atoms with E-state index in [0.29, 0.717) is 17.9 Å². The average Bonchev–Trinajstić information content (AvgIpc) is 2.28. The Labute approximate surface area is 104 Å². The summed E-state index contributed by atoms with van der Waals surface area (Å²) in [5.74, 6) is 0.193. The minimum absolute atomic E-state index is 0.193. The maximum absolute atomic E-state index is 12.0. The zero-order valence-electron chi connectivity index (χ0n) is 10.7. The molecule has 0 heterocycles. The standard InChI is InChI=1S/C13H20O3S/c1-11-6-7-13(10-12(11)2)17(14,15)9-5-4-8-16-3/h6-7,10H,4-5,8-9H2,1-3H3. The van der Waals surface area contributed by atoms with E-state index in [1.807, 2.05) is 19.9 Å². The van der Waals surface area contributed by atoms with Gasteiger partial charge in [-0.3, -0.25) is 0 Å². The Morgan fingerprint density at radius 3 is 2.41 bits per heavy atom. The van der Waals surface area contributed by atoms with E-state index in [1.165, 1.54) is 0 Å². The highest BCUT2D eigenvalue weighted by atomic mass is 32.2. The number of ether oxygens (including phenoxy) is 1. The molecule has 0 aliphatic carbocycles. The minimum atomic E-state index is -3.14. The molecule has 0 aromatic heterocycles. The van der Waals surface area contributed by atoms with E-state index >= 15 is 0 Å². The molecule has 4 heteroatoms. The first-order valence-electron chi connectivity index (χ1n) is 5.76. The van der Waals surface area contributed by atoms with Gasteiger partial charge in [0.15, 0.2) is 9.84 Å². The lowest BCUT2D eigenvalue weighted by Gasteiger charge is -2.07. The summed E-state index contributed by atoms with van der Waals surface area (Å²) in [5.41, 5.74) is 2.13. The number of sulfone groups is 1. The third-order valence-electron chi connectivity index (χ3n) is 2.85. The van der Waals surface area contributed by atoms with Crippen molar-refractivity contribution in [1.82, 2.24) is 0 Å². The molecule has 0 radical (unpaired) electrons. The molecule has 0 saturated heterocycles. The van der Waals surface area contributed by atoms with Gasteiger partial charge < -0.3 is 4.74 Å². The maximum atomic E-state index is 12.0. The van der Waals surface area contributed by atoms with E-state index in [1.54, 1.807) is 19.2 Å². The smallest absolute Gasteiger partial charge is 0.178 e. The van der Waals surface area contributed by atoms with E-state index in [9.17, 15) is 8.42 Å². The Balaban J connectivity index is 2.72. The predicted octanol–water partition coefficient (Wildman–Crippen LogP) is 2.50. The van der Waals surface area contributed by atoms with Crippen LogP contribution in [0.1, 0.15) is 24.0 Å². The lowest BCUT2D eigenvalue weighted by atomic mass is 10.1. The summed E-state index contributed by atoms with van der Waals surface area (Å²) in [5, 5.41) is 0. The number of aryl methyl sites for hydroxylation is 2. The van der Waals surface area contributed by atoms with Gasteiger partial charge in [-0.25, -0.2) is 8.42 Å². The molecule has 3 nitrogen and oxygen atoms in total. The second-order valence-corrected chi connectivity index (χ2v) is 6.37. The Bertz CT molecular complexity index is 464. The van der Waals surface area contributed by atoms with Gasteiger partial charge in [-0.05, 0) is 49.9 Å². The predicted molar refractivity (Wildman–Crippen MR) is 69.1 cm³/mol. The fraction of sp³-hybridized carbons (Fsp3) is 0.538. The first-order valence-corrected chi connectivity index (χ1v) is 7.41. The van der Waals surface area contributed by atoms with Gasteiger partial charge in [0.2, 0.25) is 0 Å². The molecule has 0 N–H and O–H groups in total. The van der Waals surface area contributed by atoms with Gasteiger partial charge in [0.05, 0.1) is 10.6 Å². The first kappa shape index (κ1) is 14.2. The van der Waals surface area contributed by atoms with Gasteiger partial charge in [0.1, 0.15) is 0 Å². The quantitative estimate of drug-likeness (QED) is 0.734. The Hall–Kier alpha value is -0.870. The minimum Gasteiger partial charge on any atom is -0.385 e. The van der Waals surface area contributed by atoms with Crippen molar-refractivity contribution in [1.29, 1.82) is 0 Å². The number of hydrogen-bond acceptors (Lipinski definition) is 3. The average molecular weight is 256 g/mol. The van der Waals surface area contributed by atoms with E-state index in [4.69, 9.17) is 4.74 Å². The maximum Gasteiger partial charge on any atom is 0.178 e. The molecule has 0 atom stereocenters. The second-order valence-electron chi connectivity index (χ2n) is 4.26. The molecule has 0 spiro atoms. The van der Waals surface area contributed by atoms with Crippen molar-refractivity contribution in [3.8, 4) is 0 Å². The fourth-order valence-electron chi connectivity index (χ4n) is 1.56. The van der Waals surface area contributed by atoms with Crippen LogP contribution in [0.25, 0.3) is 0 Å². The molecule has 0 aliphatic rings. The molecule has 0 aliphatic heterocycles. The van der Waals surface area contributed by atoms with Crippen molar-refractivity contribution in [2.75, 3.05) is 19.5 Å². The summed E-state index contributed by atoms with van der Waals surface area (Å²) in [4.78, 5) is 0.429. The van der Waals surface area contributed by atoms with Crippen LogP contribution in [-0.4, -0.2) is 27.9 Å². The Morgan fingerprint density at radius 1 is 1.12 bits per heavy atom. The van der Waals surface area contributed by atoms with Crippen molar-refractivity contribution in [3.63, 3.8) is 0 Å². The van der Waals surface area contributed by atoms with E-state index < -0.39 is 9.84 Å². The van der Waals surface area contributed by atoms with Gasteiger partial charge in [0.25, 0.3) is 0 Å². The summed E-state index contributed by atoms with van der Waals surface area (Å²) < 4.78 is 28.9.